The number of carbonyl (C=O) groups is 1. The van der Waals surface area contributed by atoms with E-state index < -0.39 is 0 Å². The van der Waals surface area contributed by atoms with E-state index in [9.17, 15) is 4.79 Å². The zero-order valence-electron chi connectivity index (χ0n) is 15.5. The quantitative estimate of drug-likeness (QED) is 0.643. The molecule has 0 spiro atoms. The lowest BCUT2D eigenvalue weighted by Gasteiger charge is -2.51. The maximum atomic E-state index is 12.6. The molecule has 6 nitrogen and oxygen atoms in total. The molecule has 0 aromatic heterocycles. The summed E-state index contributed by atoms with van der Waals surface area (Å²) in [4.78, 5) is 18.7. The van der Waals surface area contributed by atoms with Gasteiger partial charge < -0.3 is 20.3 Å². The summed E-state index contributed by atoms with van der Waals surface area (Å²) in [5.74, 6) is 0.726. The van der Waals surface area contributed by atoms with Crippen LogP contribution in [-0.2, 0) is 16.0 Å². The highest BCUT2D eigenvalue weighted by Crippen LogP contribution is 2.42. The van der Waals surface area contributed by atoms with Gasteiger partial charge in [0.15, 0.2) is 5.96 Å². The van der Waals surface area contributed by atoms with E-state index in [0.717, 1.165) is 25.1 Å². The topological polar surface area (TPSA) is 66.0 Å². The molecule has 1 heterocycles. The Kier molecular flexibility index (Phi) is 4.99. The van der Waals surface area contributed by atoms with E-state index in [1.165, 1.54) is 5.56 Å². The van der Waals surface area contributed by atoms with Crippen molar-refractivity contribution in [2.24, 2.45) is 10.4 Å². The Hall–Kier alpha value is -2.08. The van der Waals surface area contributed by atoms with E-state index in [1.54, 1.807) is 14.2 Å². The third kappa shape index (κ3) is 3.35. The summed E-state index contributed by atoms with van der Waals surface area (Å²) in [6.07, 6.45) is 2.12. The van der Waals surface area contributed by atoms with Gasteiger partial charge in [-0.1, -0.05) is 32.0 Å². The van der Waals surface area contributed by atoms with E-state index in [-0.39, 0.29) is 30.0 Å². The molecule has 2 N–H and O–H groups in total. The van der Waals surface area contributed by atoms with Crippen LogP contribution in [0.4, 0.5) is 5.69 Å². The van der Waals surface area contributed by atoms with Crippen LogP contribution in [0.2, 0.25) is 0 Å². The van der Waals surface area contributed by atoms with Crippen molar-refractivity contribution >= 4 is 17.6 Å². The molecule has 136 valence electrons. The number of nitrogens with zero attached hydrogens (tertiary/aromatic N) is 2. The number of guanidine groups is 1. The van der Waals surface area contributed by atoms with Crippen molar-refractivity contribution in [1.29, 1.82) is 0 Å². The van der Waals surface area contributed by atoms with Gasteiger partial charge in [-0.3, -0.25) is 9.79 Å². The molecule has 6 heteroatoms. The van der Waals surface area contributed by atoms with Crippen LogP contribution in [-0.4, -0.2) is 51.3 Å². The van der Waals surface area contributed by atoms with Crippen molar-refractivity contribution < 1.29 is 9.53 Å². The Balaban J connectivity index is 1.53. The van der Waals surface area contributed by atoms with Crippen LogP contribution in [0.15, 0.2) is 29.3 Å². The fourth-order valence-corrected chi connectivity index (χ4v) is 3.74. The molecule has 0 bridgehead atoms. The van der Waals surface area contributed by atoms with Gasteiger partial charge in [-0.15, -0.1) is 0 Å². The fraction of sp³-hybridized carbons (Fsp3) is 0.579. The maximum absolute atomic E-state index is 12.6. The Morgan fingerprint density at radius 3 is 2.84 bits per heavy atom. The van der Waals surface area contributed by atoms with Crippen molar-refractivity contribution in [3.63, 3.8) is 0 Å². The number of methoxy groups -OCH3 is 1. The number of rotatable bonds is 4. The first-order valence-corrected chi connectivity index (χ1v) is 8.85. The number of para-hydroxylation sites is 1. The van der Waals surface area contributed by atoms with Crippen molar-refractivity contribution in [1.82, 2.24) is 10.6 Å². The summed E-state index contributed by atoms with van der Waals surface area (Å²) in [6, 6.07) is 8.37. The van der Waals surface area contributed by atoms with E-state index >= 15 is 0 Å². The highest BCUT2D eigenvalue weighted by atomic mass is 16.5. The normalized spacial score (nSPS) is 24.5. The number of benzene rings is 1. The molecule has 1 aromatic rings. The first-order valence-electron chi connectivity index (χ1n) is 8.85. The molecule has 2 aliphatic rings. The van der Waals surface area contributed by atoms with Gasteiger partial charge in [0.25, 0.3) is 0 Å². The van der Waals surface area contributed by atoms with Gasteiger partial charge in [0.05, 0.1) is 12.6 Å². The van der Waals surface area contributed by atoms with E-state index in [0.29, 0.717) is 5.96 Å². The average Bonchev–Trinajstić information content (AvgIpc) is 3.04. The standard InChI is InChI=1S/C19H28N4O2/c1-19(2)15(11-16(19)25-4)22-18(20-3)21-12-17(24)23-10-9-13-7-5-6-8-14(13)23/h5-8,15-16H,9-12H2,1-4H3,(H2,20,21,22). The Morgan fingerprint density at radius 2 is 2.16 bits per heavy atom. The largest absolute Gasteiger partial charge is 0.381 e. The Morgan fingerprint density at radius 1 is 1.40 bits per heavy atom. The van der Waals surface area contributed by atoms with Crippen LogP contribution in [0.5, 0.6) is 0 Å². The Bertz CT molecular complexity index is 671. The summed E-state index contributed by atoms with van der Waals surface area (Å²) in [6.45, 7) is 5.34. The van der Waals surface area contributed by atoms with Crippen LogP contribution in [0.25, 0.3) is 0 Å². The molecule has 2 atom stereocenters. The second-order valence-corrected chi connectivity index (χ2v) is 7.33. The predicted octanol–water partition coefficient (Wildman–Crippen LogP) is 1.55. The first-order chi connectivity index (χ1) is 12.0. The van der Waals surface area contributed by atoms with Crippen molar-refractivity contribution in [2.45, 2.75) is 38.8 Å². The number of amides is 1. The molecule has 1 aliphatic heterocycles. The number of nitrogens with one attached hydrogen (secondary N) is 2. The summed E-state index contributed by atoms with van der Waals surface area (Å²) in [7, 11) is 3.48. The van der Waals surface area contributed by atoms with Gasteiger partial charge in [-0.25, -0.2) is 0 Å². The van der Waals surface area contributed by atoms with Crippen molar-refractivity contribution in [2.75, 3.05) is 32.1 Å². The summed E-state index contributed by atoms with van der Waals surface area (Å²) < 4.78 is 5.48. The van der Waals surface area contributed by atoms with E-state index in [1.807, 2.05) is 23.1 Å². The van der Waals surface area contributed by atoms with Crippen molar-refractivity contribution in [3.8, 4) is 0 Å². The monoisotopic (exact) mass is 344 g/mol. The lowest BCUT2D eigenvalue weighted by Crippen LogP contribution is -2.63. The molecular formula is C19H28N4O2. The van der Waals surface area contributed by atoms with Crippen LogP contribution in [0, 0.1) is 5.41 Å². The van der Waals surface area contributed by atoms with Gasteiger partial charge in [0.1, 0.15) is 0 Å². The van der Waals surface area contributed by atoms with Crippen molar-refractivity contribution in [3.05, 3.63) is 29.8 Å². The molecule has 0 radical (unpaired) electrons. The maximum Gasteiger partial charge on any atom is 0.246 e. The number of ether oxygens (including phenoxy) is 1. The van der Waals surface area contributed by atoms with Gasteiger partial charge >= 0.3 is 0 Å². The minimum absolute atomic E-state index is 0.0459. The average molecular weight is 344 g/mol. The van der Waals surface area contributed by atoms with Crippen LogP contribution < -0.4 is 15.5 Å². The van der Waals surface area contributed by atoms with Gasteiger partial charge in [-0.2, -0.15) is 0 Å². The first kappa shape index (κ1) is 17.7. The highest BCUT2D eigenvalue weighted by Gasteiger charge is 2.48. The second-order valence-electron chi connectivity index (χ2n) is 7.33. The van der Waals surface area contributed by atoms with Crippen LogP contribution >= 0.6 is 0 Å². The van der Waals surface area contributed by atoms with Crippen LogP contribution in [0.1, 0.15) is 25.8 Å². The van der Waals surface area contributed by atoms with Gasteiger partial charge in [0.2, 0.25) is 5.91 Å². The van der Waals surface area contributed by atoms with Gasteiger partial charge in [0, 0.05) is 37.8 Å². The van der Waals surface area contributed by atoms with Crippen LogP contribution in [0.3, 0.4) is 0 Å². The number of fused-ring (bicyclic) bond motifs is 1. The summed E-state index contributed by atoms with van der Waals surface area (Å²) >= 11 is 0. The number of carbonyl (C=O) groups excluding carboxylic acids is 1. The third-order valence-electron chi connectivity index (χ3n) is 5.59. The molecule has 1 amide bonds. The molecule has 1 fully saturated rings. The second kappa shape index (κ2) is 7.04. The number of hydrogen-bond donors (Lipinski definition) is 2. The van der Waals surface area contributed by atoms with Gasteiger partial charge in [-0.05, 0) is 24.5 Å². The lowest BCUT2D eigenvalue weighted by atomic mass is 9.64. The zero-order valence-corrected chi connectivity index (χ0v) is 15.5. The fourth-order valence-electron chi connectivity index (χ4n) is 3.74. The third-order valence-corrected chi connectivity index (χ3v) is 5.59. The minimum Gasteiger partial charge on any atom is -0.381 e. The summed E-state index contributed by atoms with van der Waals surface area (Å²) in [5.41, 5.74) is 2.31. The number of anilines is 1. The zero-order chi connectivity index (χ0) is 18.0. The number of hydrogen-bond acceptors (Lipinski definition) is 3. The molecule has 0 saturated heterocycles. The smallest absolute Gasteiger partial charge is 0.246 e. The molecule has 25 heavy (non-hydrogen) atoms. The lowest BCUT2D eigenvalue weighted by molar-refractivity contribution is -0.117. The molecule has 1 saturated carbocycles. The molecule has 3 rings (SSSR count). The molecule has 1 aliphatic carbocycles. The molecule has 1 aromatic carbocycles. The predicted molar refractivity (Wildman–Crippen MR) is 100.0 cm³/mol. The highest BCUT2D eigenvalue weighted by molar-refractivity contribution is 5.98. The molecular weight excluding hydrogens is 316 g/mol. The molecule has 2 unspecified atom stereocenters. The van der Waals surface area contributed by atoms with E-state index in [2.05, 4.69) is 35.5 Å². The summed E-state index contributed by atoms with van der Waals surface area (Å²) in [5, 5.41) is 6.56. The minimum atomic E-state index is 0.0459. The number of aliphatic imine (C=N–C) groups is 1. The van der Waals surface area contributed by atoms with E-state index in [4.69, 9.17) is 4.74 Å². The SMILES string of the molecule is CN=C(NCC(=O)N1CCc2ccccc21)NC1CC(OC)C1(C)C. The Labute approximate surface area is 149 Å².